The predicted molar refractivity (Wildman–Crippen MR) is 82.4 cm³/mol. The molecular formula is C16H22N4O. The summed E-state index contributed by atoms with van der Waals surface area (Å²) < 4.78 is 1.73. The van der Waals surface area contributed by atoms with Crippen LogP contribution in [-0.2, 0) is 24.8 Å². The Morgan fingerprint density at radius 2 is 2.05 bits per heavy atom. The first-order valence-corrected chi connectivity index (χ1v) is 7.16. The molecule has 0 radical (unpaired) electrons. The fourth-order valence-electron chi connectivity index (χ4n) is 2.31. The highest BCUT2D eigenvalue weighted by Crippen LogP contribution is 2.08. The molecule has 112 valence electrons. The lowest BCUT2D eigenvalue weighted by Gasteiger charge is -2.24. The largest absolute Gasteiger partial charge is 0.337 e. The number of carbonyl (C=O) groups excluding carboxylic acids is 1. The van der Waals surface area contributed by atoms with Crippen molar-refractivity contribution < 1.29 is 4.79 Å². The summed E-state index contributed by atoms with van der Waals surface area (Å²) in [5.74, 6) is -0.0230. The van der Waals surface area contributed by atoms with E-state index >= 15 is 0 Å². The molecule has 0 saturated heterocycles. The Morgan fingerprint density at radius 1 is 1.33 bits per heavy atom. The summed E-state index contributed by atoms with van der Waals surface area (Å²) in [6, 6.07) is 9.34. The molecule has 5 heteroatoms. The Balaban J connectivity index is 1.98. The van der Waals surface area contributed by atoms with Crippen LogP contribution in [0.2, 0.25) is 0 Å². The van der Waals surface area contributed by atoms with Crippen LogP contribution in [0.15, 0.2) is 42.7 Å². The third kappa shape index (κ3) is 4.16. The number of aromatic nitrogens is 2. The van der Waals surface area contributed by atoms with Crippen molar-refractivity contribution in [2.24, 2.45) is 12.8 Å². The highest BCUT2D eigenvalue weighted by Gasteiger charge is 2.20. The molecule has 0 aliphatic heterocycles. The minimum Gasteiger partial charge on any atom is -0.337 e. The highest BCUT2D eigenvalue weighted by molar-refractivity contribution is 5.82. The number of aryl methyl sites for hydroxylation is 1. The summed E-state index contributed by atoms with van der Waals surface area (Å²) in [7, 11) is 1.86. The standard InChI is InChI=1S/C16H22N4O/c1-3-20(12-14-10-18-19(2)11-14)16(21)15(17)9-13-7-5-4-6-8-13/h4-8,10-11,15H,3,9,12,17H2,1-2H3. The van der Waals surface area contributed by atoms with Gasteiger partial charge in [-0.1, -0.05) is 30.3 Å². The van der Waals surface area contributed by atoms with Crippen molar-refractivity contribution in [2.75, 3.05) is 6.54 Å². The van der Waals surface area contributed by atoms with Crippen molar-refractivity contribution in [3.05, 3.63) is 53.9 Å². The first-order valence-electron chi connectivity index (χ1n) is 7.16. The lowest BCUT2D eigenvalue weighted by molar-refractivity contribution is -0.133. The minimum atomic E-state index is -0.510. The quantitative estimate of drug-likeness (QED) is 0.871. The maximum atomic E-state index is 12.5. The number of likely N-dealkylation sites (N-methyl/N-ethyl adjacent to an activating group) is 1. The number of amides is 1. The van der Waals surface area contributed by atoms with Gasteiger partial charge in [-0.25, -0.2) is 0 Å². The number of nitrogens with two attached hydrogens (primary N) is 1. The van der Waals surface area contributed by atoms with E-state index in [1.165, 1.54) is 0 Å². The molecule has 1 amide bonds. The SMILES string of the molecule is CCN(Cc1cnn(C)c1)C(=O)C(N)Cc1ccccc1. The Kier molecular flexibility index (Phi) is 5.11. The van der Waals surface area contributed by atoms with Crippen LogP contribution in [-0.4, -0.2) is 33.2 Å². The Labute approximate surface area is 125 Å². The van der Waals surface area contributed by atoms with Crippen LogP contribution < -0.4 is 5.73 Å². The van der Waals surface area contributed by atoms with E-state index in [4.69, 9.17) is 5.73 Å². The van der Waals surface area contributed by atoms with Crippen LogP contribution in [0.1, 0.15) is 18.1 Å². The van der Waals surface area contributed by atoms with E-state index in [0.29, 0.717) is 19.5 Å². The lowest BCUT2D eigenvalue weighted by atomic mass is 10.1. The van der Waals surface area contributed by atoms with Crippen molar-refractivity contribution in [3.8, 4) is 0 Å². The molecule has 0 bridgehead atoms. The van der Waals surface area contributed by atoms with Gasteiger partial charge in [0, 0.05) is 31.9 Å². The monoisotopic (exact) mass is 286 g/mol. The van der Waals surface area contributed by atoms with E-state index in [9.17, 15) is 4.79 Å². The second kappa shape index (κ2) is 7.04. The molecule has 1 heterocycles. The molecule has 2 rings (SSSR count). The molecule has 1 aromatic heterocycles. The zero-order valence-corrected chi connectivity index (χ0v) is 12.6. The molecule has 2 aromatic rings. The zero-order valence-electron chi connectivity index (χ0n) is 12.6. The summed E-state index contributed by atoms with van der Waals surface area (Å²) in [6.07, 6.45) is 4.25. The van der Waals surface area contributed by atoms with Gasteiger partial charge < -0.3 is 10.6 Å². The second-order valence-corrected chi connectivity index (χ2v) is 5.17. The third-order valence-corrected chi connectivity index (χ3v) is 3.44. The smallest absolute Gasteiger partial charge is 0.240 e. The fraction of sp³-hybridized carbons (Fsp3) is 0.375. The molecule has 2 N–H and O–H groups in total. The summed E-state index contributed by atoms with van der Waals surface area (Å²) >= 11 is 0. The average Bonchev–Trinajstić information content (AvgIpc) is 2.90. The molecule has 1 aromatic carbocycles. The zero-order chi connectivity index (χ0) is 15.2. The van der Waals surface area contributed by atoms with Crippen molar-refractivity contribution in [2.45, 2.75) is 25.9 Å². The van der Waals surface area contributed by atoms with Crippen LogP contribution in [0, 0.1) is 0 Å². The molecule has 0 saturated carbocycles. The highest BCUT2D eigenvalue weighted by atomic mass is 16.2. The van der Waals surface area contributed by atoms with E-state index in [-0.39, 0.29) is 5.91 Å². The normalized spacial score (nSPS) is 12.1. The second-order valence-electron chi connectivity index (χ2n) is 5.17. The van der Waals surface area contributed by atoms with Gasteiger partial charge in [-0.15, -0.1) is 0 Å². The van der Waals surface area contributed by atoms with E-state index in [1.54, 1.807) is 15.8 Å². The van der Waals surface area contributed by atoms with Crippen LogP contribution in [0.5, 0.6) is 0 Å². The van der Waals surface area contributed by atoms with Gasteiger partial charge in [0.15, 0.2) is 0 Å². The number of rotatable bonds is 6. The first kappa shape index (κ1) is 15.3. The summed E-state index contributed by atoms with van der Waals surface area (Å²) in [6.45, 7) is 3.14. The van der Waals surface area contributed by atoms with Crippen LogP contribution >= 0.6 is 0 Å². The Bertz CT molecular complexity index is 579. The summed E-state index contributed by atoms with van der Waals surface area (Å²) in [5.41, 5.74) is 8.17. The molecule has 0 aliphatic rings. The molecule has 1 unspecified atom stereocenters. The van der Waals surface area contributed by atoms with Crippen LogP contribution in [0.3, 0.4) is 0 Å². The summed E-state index contributed by atoms with van der Waals surface area (Å²) in [4.78, 5) is 14.2. The van der Waals surface area contributed by atoms with Gasteiger partial charge in [0.1, 0.15) is 0 Å². The van der Waals surface area contributed by atoms with Gasteiger partial charge >= 0.3 is 0 Å². The Hall–Kier alpha value is -2.14. The fourth-order valence-corrected chi connectivity index (χ4v) is 2.31. The van der Waals surface area contributed by atoms with Gasteiger partial charge in [0.25, 0.3) is 0 Å². The molecule has 0 spiro atoms. The lowest BCUT2D eigenvalue weighted by Crippen LogP contribution is -2.44. The van der Waals surface area contributed by atoms with Crippen LogP contribution in [0.25, 0.3) is 0 Å². The van der Waals surface area contributed by atoms with Crippen LogP contribution in [0.4, 0.5) is 0 Å². The summed E-state index contributed by atoms with van der Waals surface area (Å²) in [5, 5.41) is 4.12. The molecule has 0 aliphatic carbocycles. The predicted octanol–water partition coefficient (Wildman–Crippen LogP) is 1.34. The number of hydrogen-bond donors (Lipinski definition) is 1. The third-order valence-electron chi connectivity index (χ3n) is 3.44. The van der Waals surface area contributed by atoms with Gasteiger partial charge in [-0.05, 0) is 18.9 Å². The molecule has 21 heavy (non-hydrogen) atoms. The van der Waals surface area contributed by atoms with Gasteiger partial charge in [-0.3, -0.25) is 9.48 Å². The number of nitrogens with zero attached hydrogens (tertiary/aromatic N) is 3. The number of hydrogen-bond acceptors (Lipinski definition) is 3. The molecule has 1 atom stereocenters. The van der Waals surface area contributed by atoms with E-state index in [1.807, 2.05) is 50.5 Å². The van der Waals surface area contributed by atoms with Gasteiger partial charge in [-0.2, -0.15) is 5.10 Å². The number of benzene rings is 1. The average molecular weight is 286 g/mol. The van der Waals surface area contributed by atoms with E-state index < -0.39 is 6.04 Å². The van der Waals surface area contributed by atoms with Crippen molar-refractivity contribution in [3.63, 3.8) is 0 Å². The van der Waals surface area contributed by atoms with Gasteiger partial charge in [0.05, 0.1) is 12.2 Å². The van der Waals surface area contributed by atoms with Crippen molar-refractivity contribution in [1.82, 2.24) is 14.7 Å². The van der Waals surface area contributed by atoms with E-state index in [2.05, 4.69) is 5.10 Å². The van der Waals surface area contributed by atoms with Gasteiger partial charge in [0.2, 0.25) is 5.91 Å². The Morgan fingerprint density at radius 3 is 2.62 bits per heavy atom. The molecule has 0 fully saturated rings. The van der Waals surface area contributed by atoms with E-state index in [0.717, 1.165) is 11.1 Å². The molecule has 5 nitrogen and oxygen atoms in total. The van der Waals surface area contributed by atoms with Crippen molar-refractivity contribution in [1.29, 1.82) is 0 Å². The maximum Gasteiger partial charge on any atom is 0.240 e. The topological polar surface area (TPSA) is 64.2 Å². The minimum absolute atomic E-state index is 0.0230. The first-order chi connectivity index (χ1) is 10.1. The molecular weight excluding hydrogens is 264 g/mol. The maximum absolute atomic E-state index is 12.5. The van der Waals surface area contributed by atoms with Crippen molar-refractivity contribution >= 4 is 5.91 Å². The number of carbonyl (C=O) groups is 1.